The second-order valence-corrected chi connectivity index (χ2v) is 7.56. The number of anilines is 1. The monoisotopic (exact) mass is 311 g/mol. The van der Waals surface area contributed by atoms with Crippen LogP contribution < -0.4 is 5.43 Å². The van der Waals surface area contributed by atoms with E-state index in [1.54, 1.807) is 6.20 Å². The van der Waals surface area contributed by atoms with E-state index >= 15 is 0 Å². The summed E-state index contributed by atoms with van der Waals surface area (Å²) in [5.74, 6) is 1.85. The third-order valence-corrected chi connectivity index (χ3v) is 6.75. The van der Waals surface area contributed by atoms with Gasteiger partial charge in [-0.25, -0.2) is 20.5 Å². The Hall–Kier alpha value is -1.82. The largest absolute Gasteiger partial charge is 0.249 e. The second kappa shape index (κ2) is 4.13. The van der Waals surface area contributed by atoms with Crippen molar-refractivity contribution >= 4 is 23.4 Å². The standard InChI is InChI=1S/C16H17N5S/c1-11-5-8-17-14(18-11)20-21-9-16-12(19-21)3-2-4-13(16)22-10-15(16)6-7-15/h2-5,8H,6-7,9-10H2,1H3,(H,17,18,20). The average molecular weight is 311 g/mol. The third-order valence-electron chi connectivity index (χ3n) is 5.26. The summed E-state index contributed by atoms with van der Waals surface area (Å²) in [7, 11) is 0. The summed E-state index contributed by atoms with van der Waals surface area (Å²) in [6.07, 6.45) is 11.0. The van der Waals surface area contributed by atoms with Gasteiger partial charge in [0.2, 0.25) is 5.95 Å². The first-order valence-corrected chi connectivity index (χ1v) is 8.65. The van der Waals surface area contributed by atoms with Crippen LogP contribution in [0.3, 0.4) is 0 Å². The maximum Gasteiger partial charge on any atom is 0.243 e. The van der Waals surface area contributed by atoms with Crippen molar-refractivity contribution in [3.8, 4) is 0 Å². The van der Waals surface area contributed by atoms with E-state index in [2.05, 4.69) is 33.6 Å². The number of hydrogen-bond acceptors (Lipinski definition) is 6. The van der Waals surface area contributed by atoms with Gasteiger partial charge in [0.1, 0.15) is 0 Å². The van der Waals surface area contributed by atoms with Crippen molar-refractivity contribution in [1.29, 1.82) is 0 Å². The topological polar surface area (TPSA) is 53.4 Å². The number of hydrazone groups is 1. The number of hydrogen-bond donors (Lipinski definition) is 1. The van der Waals surface area contributed by atoms with Crippen molar-refractivity contribution in [2.45, 2.75) is 19.8 Å². The van der Waals surface area contributed by atoms with Gasteiger partial charge in [-0.2, -0.15) is 5.10 Å². The number of allylic oxidation sites excluding steroid dienone is 3. The summed E-state index contributed by atoms with van der Waals surface area (Å²) in [5, 5.41) is 6.75. The molecule has 2 spiro atoms. The maximum atomic E-state index is 4.82. The smallest absolute Gasteiger partial charge is 0.243 e. The molecule has 1 atom stereocenters. The number of thioether (sulfide) groups is 1. The number of nitrogens with zero attached hydrogens (tertiary/aromatic N) is 4. The maximum absolute atomic E-state index is 4.82. The van der Waals surface area contributed by atoms with Crippen LogP contribution in [0.15, 0.2) is 40.5 Å². The molecule has 1 saturated heterocycles. The van der Waals surface area contributed by atoms with Gasteiger partial charge >= 0.3 is 0 Å². The molecule has 5 nitrogen and oxygen atoms in total. The van der Waals surface area contributed by atoms with Gasteiger partial charge in [0.25, 0.3) is 0 Å². The van der Waals surface area contributed by atoms with Crippen molar-refractivity contribution in [2.24, 2.45) is 15.9 Å². The molecule has 6 heteroatoms. The van der Waals surface area contributed by atoms with Gasteiger partial charge in [-0.05, 0) is 42.2 Å². The Labute approximate surface area is 133 Å². The molecule has 1 aromatic rings. The van der Waals surface area contributed by atoms with Crippen LogP contribution in [0, 0.1) is 17.8 Å². The SMILES string of the molecule is Cc1ccnc(NN2CC34C(=CC=CC3=N2)SCC42CC2)n1. The first-order chi connectivity index (χ1) is 10.7. The highest BCUT2D eigenvalue weighted by Crippen LogP contribution is 2.72. The highest BCUT2D eigenvalue weighted by atomic mass is 32.2. The minimum atomic E-state index is 0.100. The van der Waals surface area contributed by atoms with Crippen LogP contribution in [-0.4, -0.2) is 33.1 Å². The lowest BCUT2D eigenvalue weighted by Gasteiger charge is -2.34. The van der Waals surface area contributed by atoms with Crippen molar-refractivity contribution in [3.05, 3.63) is 41.1 Å². The Morgan fingerprint density at radius 3 is 3.09 bits per heavy atom. The molecule has 1 saturated carbocycles. The summed E-state index contributed by atoms with van der Waals surface area (Å²) in [5.41, 5.74) is 5.95. The van der Waals surface area contributed by atoms with Crippen LogP contribution in [0.4, 0.5) is 5.95 Å². The molecule has 0 amide bonds. The second-order valence-electron chi connectivity index (χ2n) is 6.54. The van der Waals surface area contributed by atoms with Crippen LogP contribution in [-0.2, 0) is 0 Å². The molecule has 2 aliphatic carbocycles. The zero-order valence-corrected chi connectivity index (χ0v) is 13.2. The zero-order chi connectivity index (χ0) is 14.8. The Bertz CT molecular complexity index is 749. The normalized spacial score (nSPS) is 30.0. The van der Waals surface area contributed by atoms with Crippen molar-refractivity contribution < 1.29 is 0 Å². The molecule has 5 rings (SSSR count). The summed E-state index contributed by atoms with van der Waals surface area (Å²) in [6, 6.07) is 1.90. The molecule has 3 heterocycles. The van der Waals surface area contributed by atoms with Gasteiger partial charge in [-0.3, -0.25) is 0 Å². The predicted molar refractivity (Wildman–Crippen MR) is 88.3 cm³/mol. The fourth-order valence-corrected chi connectivity index (χ4v) is 5.69. The van der Waals surface area contributed by atoms with Crippen molar-refractivity contribution in [2.75, 3.05) is 17.7 Å². The average Bonchev–Trinajstić information content (AvgIpc) is 3.09. The molecule has 1 N–H and O–H groups in total. The first-order valence-electron chi connectivity index (χ1n) is 7.67. The van der Waals surface area contributed by atoms with Crippen LogP contribution in [0.1, 0.15) is 18.5 Å². The van der Waals surface area contributed by atoms with Gasteiger partial charge in [-0.15, -0.1) is 11.8 Å². The van der Waals surface area contributed by atoms with Gasteiger partial charge in [-0.1, -0.05) is 12.2 Å². The quantitative estimate of drug-likeness (QED) is 0.910. The highest BCUT2D eigenvalue weighted by molar-refractivity contribution is 8.03. The van der Waals surface area contributed by atoms with E-state index in [1.165, 1.54) is 29.2 Å². The molecular formula is C16H17N5S. The Morgan fingerprint density at radius 2 is 2.27 bits per heavy atom. The van der Waals surface area contributed by atoms with E-state index in [9.17, 15) is 0 Å². The van der Waals surface area contributed by atoms with E-state index in [4.69, 9.17) is 5.10 Å². The van der Waals surface area contributed by atoms with Crippen molar-refractivity contribution in [3.63, 3.8) is 0 Å². The number of aryl methyl sites for hydroxylation is 1. The molecule has 4 aliphatic rings. The molecule has 112 valence electrons. The van der Waals surface area contributed by atoms with Crippen LogP contribution in [0.5, 0.6) is 0 Å². The number of nitrogens with one attached hydrogen (secondary N) is 1. The number of hydrazine groups is 1. The number of aromatic nitrogens is 2. The Morgan fingerprint density at radius 1 is 1.36 bits per heavy atom. The third kappa shape index (κ3) is 1.53. The summed E-state index contributed by atoms with van der Waals surface area (Å²) in [6.45, 7) is 2.85. The lowest BCUT2D eigenvalue weighted by Crippen LogP contribution is -2.42. The number of rotatable bonds is 2. The predicted octanol–water partition coefficient (Wildman–Crippen LogP) is 2.75. The molecule has 0 bridgehead atoms. The minimum absolute atomic E-state index is 0.100. The highest BCUT2D eigenvalue weighted by Gasteiger charge is 2.69. The van der Waals surface area contributed by atoms with Crippen LogP contribution >= 0.6 is 11.8 Å². The van der Waals surface area contributed by atoms with Crippen molar-refractivity contribution in [1.82, 2.24) is 15.1 Å². The summed E-state index contributed by atoms with van der Waals surface area (Å²) >= 11 is 2.02. The molecule has 0 aromatic carbocycles. The molecule has 2 fully saturated rings. The molecule has 1 unspecified atom stereocenters. The van der Waals surface area contributed by atoms with Gasteiger partial charge in [0.15, 0.2) is 0 Å². The van der Waals surface area contributed by atoms with Gasteiger partial charge < -0.3 is 0 Å². The lowest BCUT2D eigenvalue weighted by atomic mass is 9.68. The fourth-order valence-electron chi connectivity index (χ4n) is 3.92. The van der Waals surface area contributed by atoms with Crippen LogP contribution in [0.25, 0.3) is 0 Å². The van der Waals surface area contributed by atoms with E-state index in [0.717, 1.165) is 12.2 Å². The van der Waals surface area contributed by atoms with Gasteiger partial charge in [0, 0.05) is 17.6 Å². The van der Waals surface area contributed by atoms with E-state index < -0.39 is 0 Å². The summed E-state index contributed by atoms with van der Waals surface area (Å²) in [4.78, 5) is 10.2. The minimum Gasteiger partial charge on any atom is -0.249 e. The molecule has 1 aromatic heterocycles. The lowest BCUT2D eigenvalue weighted by molar-refractivity contribution is 0.253. The molecule has 22 heavy (non-hydrogen) atoms. The Balaban J connectivity index is 1.49. The molecule has 0 radical (unpaired) electrons. The fraction of sp³-hybridized carbons (Fsp3) is 0.438. The van der Waals surface area contributed by atoms with Gasteiger partial charge in [0.05, 0.1) is 17.7 Å². The van der Waals surface area contributed by atoms with Crippen LogP contribution in [0.2, 0.25) is 0 Å². The first kappa shape index (κ1) is 12.7. The van der Waals surface area contributed by atoms with E-state index in [-0.39, 0.29) is 5.41 Å². The Kier molecular flexibility index (Phi) is 2.38. The van der Waals surface area contributed by atoms with E-state index in [0.29, 0.717) is 11.4 Å². The molecular weight excluding hydrogens is 294 g/mol. The zero-order valence-electron chi connectivity index (χ0n) is 12.4. The summed E-state index contributed by atoms with van der Waals surface area (Å²) < 4.78 is 0. The van der Waals surface area contributed by atoms with E-state index in [1.807, 2.05) is 29.9 Å². The molecule has 2 aliphatic heterocycles.